The summed E-state index contributed by atoms with van der Waals surface area (Å²) in [6.45, 7) is 1.15. The zero-order valence-electron chi connectivity index (χ0n) is 12.6. The Morgan fingerprint density at radius 3 is 2.40 bits per heavy atom. The second kappa shape index (κ2) is 6.15. The summed E-state index contributed by atoms with van der Waals surface area (Å²) in [4.78, 5) is 2.57. The molecule has 2 unspecified atom stereocenters. The van der Waals surface area contributed by atoms with Gasteiger partial charge in [0.25, 0.3) is 0 Å². The number of methoxy groups -OCH3 is 1. The van der Waals surface area contributed by atoms with Crippen molar-refractivity contribution >= 4 is 0 Å². The van der Waals surface area contributed by atoms with Crippen molar-refractivity contribution in [3.05, 3.63) is 29.8 Å². The first-order chi connectivity index (χ1) is 9.74. The van der Waals surface area contributed by atoms with Crippen molar-refractivity contribution in [1.82, 2.24) is 10.2 Å². The topological polar surface area (TPSA) is 24.5 Å². The summed E-state index contributed by atoms with van der Waals surface area (Å²) < 4.78 is 5.20. The van der Waals surface area contributed by atoms with Crippen LogP contribution in [0.4, 0.5) is 0 Å². The van der Waals surface area contributed by atoms with E-state index in [4.69, 9.17) is 4.74 Å². The van der Waals surface area contributed by atoms with Gasteiger partial charge in [-0.2, -0.15) is 0 Å². The van der Waals surface area contributed by atoms with Crippen LogP contribution in [0.25, 0.3) is 0 Å². The highest BCUT2D eigenvalue weighted by Crippen LogP contribution is 2.29. The number of nitrogens with zero attached hydrogens (tertiary/aromatic N) is 1. The largest absolute Gasteiger partial charge is 0.497 e. The highest BCUT2D eigenvalue weighted by molar-refractivity contribution is 5.27. The second-order valence-corrected chi connectivity index (χ2v) is 6.34. The normalized spacial score (nSPS) is 28.9. The maximum absolute atomic E-state index is 5.20. The van der Waals surface area contributed by atoms with E-state index < -0.39 is 0 Å². The average Bonchev–Trinajstić information content (AvgIpc) is 2.83. The van der Waals surface area contributed by atoms with E-state index in [1.807, 2.05) is 0 Å². The molecule has 2 bridgehead atoms. The molecule has 0 aliphatic carbocycles. The number of ether oxygens (including phenoxy) is 1. The molecule has 2 aliphatic heterocycles. The summed E-state index contributed by atoms with van der Waals surface area (Å²) in [6, 6.07) is 10.8. The standard InChI is InChI=1S/C17H26N2O/c1-19(16-11-14-5-6-15(12-16)18-14)10-9-13-3-7-17(20-2)8-4-13/h3-4,7-8,14-16,18H,5-6,9-12H2,1-2H3. The zero-order chi connectivity index (χ0) is 13.9. The number of nitrogens with one attached hydrogen (secondary N) is 1. The molecule has 1 aromatic rings. The zero-order valence-corrected chi connectivity index (χ0v) is 12.6. The number of fused-ring (bicyclic) bond motifs is 2. The van der Waals surface area contributed by atoms with E-state index >= 15 is 0 Å². The van der Waals surface area contributed by atoms with Crippen LogP contribution < -0.4 is 10.1 Å². The first-order valence-electron chi connectivity index (χ1n) is 7.84. The summed E-state index contributed by atoms with van der Waals surface area (Å²) in [7, 11) is 4.01. The Balaban J connectivity index is 1.49. The van der Waals surface area contributed by atoms with Crippen LogP contribution >= 0.6 is 0 Å². The molecule has 1 aromatic carbocycles. The van der Waals surface area contributed by atoms with Crippen LogP contribution in [0.1, 0.15) is 31.2 Å². The maximum Gasteiger partial charge on any atom is 0.118 e. The molecule has 0 saturated carbocycles. The predicted octanol–water partition coefficient (Wildman–Crippen LogP) is 2.45. The summed E-state index contributed by atoms with van der Waals surface area (Å²) in [5.41, 5.74) is 1.40. The smallest absolute Gasteiger partial charge is 0.118 e. The van der Waals surface area contributed by atoms with Gasteiger partial charge in [0.15, 0.2) is 0 Å². The quantitative estimate of drug-likeness (QED) is 0.892. The van der Waals surface area contributed by atoms with Crippen molar-refractivity contribution in [3.8, 4) is 5.75 Å². The Morgan fingerprint density at radius 1 is 1.15 bits per heavy atom. The van der Waals surface area contributed by atoms with E-state index in [9.17, 15) is 0 Å². The third-order valence-electron chi connectivity index (χ3n) is 4.98. The molecular formula is C17H26N2O. The van der Waals surface area contributed by atoms with E-state index in [-0.39, 0.29) is 0 Å². The minimum Gasteiger partial charge on any atom is -0.497 e. The monoisotopic (exact) mass is 274 g/mol. The number of rotatable bonds is 5. The number of benzene rings is 1. The molecule has 2 aliphatic rings. The lowest BCUT2D eigenvalue weighted by Crippen LogP contribution is -2.47. The minimum absolute atomic E-state index is 0.770. The lowest BCUT2D eigenvalue weighted by molar-refractivity contribution is 0.174. The number of likely N-dealkylation sites (N-methyl/N-ethyl adjacent to an activating group) is 1. The first kappa shape index (κ1) is 13.9. The van der Waals surface area contributed by atoms with Crippen molar-refractivity contribution in [2.45, 2.75) is 50.2 Å². The van der Waals surface area contributed by atoms with Crippen molar-refractivity contribution in [1.29, 1.82) is 0 Å². The van der Waals surface area contributed by atoms with Crippen molar-refractivity contribution in [2.75, 3.05) is 20.7 Å². The van der Waals surface area contributed by atoms with Gasteiger partial charge in [-0.3, -0.25) is 0 Å². The molecule has 1 N–H and O–H groups in total. The Morgan fingerprint density at radius 2 is 1.80 bits per heavy atom. The Kier molecular flexibility index (Phi) is 4.27. The maximum atomic E-state index is 5.20. The Labute approximate surface area is 122 Å². The Hall–Kier alpha value is -1.06. The molecule has 110 valence electrons. The molecule has 3 heteroatoms. The highest BCUT2D eigenvalue weighted by Gasteiger charge is 2.34. The van der Waals surface area contributed by atoms with E-state index in [0.29, 0.717) is 0 Å². The molecule has 0 aromatic heterocycles. The lowest BCUT2D eigenvalue weighted by Gasteiger charge is -2.35. The second-order valence-electron chi connectivity index (χ2n) is 6.34. The predicted molar refractivity (Wildman–Crippen MR) is 82.3 cm³/mol. The third-order valence-corrected chi connectivity index (χ3v) is 4.98. The molecule has 2 fully saturated rings. The van der Waals surface area contributed by atoms with Crippen LogP contribution in [0.5, 0.6) is 5.75 Å². The molecule has 2 heterocycles. The summed E-state index contributed by atoms with van der Waals surface area (Å²) in [5.74, 6) is 0.942. The van der Waals surface area contributed by atoms with Gasteiger partial charge in [0.1, 0.15) is 5.75 Å². The molecule has 3 nitrogen and oxygen atoms in total. The molecule has 0 spiro atoms. The number of hydrogen-bond donors (Lipinski definition) is 1. The molecular weight excluding hydrogens is 248 g/mol. The fraction of sp³-hybridized carbons (Fsp3) is 0.647. The van der Waals surface area contributed by atoms with Gasteiger partial charge in [0.2, 0.25) is 0 Å². The van der Waals surface area contributed by atoms with Crippen molar-refractivity contribution in [2.24, 2.45) is 0 Å². The molecule has 0 radical (unpaired) electrons. The van der Waals surface area contributed by atoms with Gasteiger partial charge in [-0.1, -0.05) is 12.1 Å². The summed E-state index contributed by atoms with van der Waals surface area (Å²) in [5, 5.41) is 3.72. The van der Waals surface area contributed by atoms with Gasteiger partial charge in [-0.05, 0) is 56.8 Å². The first-order valence-corrected chi connectivity index (χ1v) is 7.84. The van der Waals surface area contributed by atoms with E-state index in [2.05, 4.69) is 41.5 Å². The van der Waals surface area contributed by atoms with Gasteiger partial charge in [-0.15, -0.1) is 0 Å². The SMILES string of the molecule is COc1ccc(CCN(C)C2CC3CCC(C2)N3)cc1. The Bertz CT molecular complexity index is 419. The fourth-order valence-corrected chi connectivity index (χ4v) is 3.67. The highest BCUT2D eigenvalue weighted by atomic mass is 16.5. The van der Waals surface area contributed by atoms with Gasteiger partial charge in [-0.25, -0.2) is 0 Å². The molecule has 3 rings (SSSR count). The molecule has 0 amide bonds. The fourth-order valence-electron chi connectivity index (χ4n) is 3.67. The van der Waals surface area contributed by atoms with E-state index in [1.54, 1.807) is 7.11 Å². The van der Waals surface area contributed by atoms with Crippen molar-refractivity contribution in [3.63, 3.8) is 0 Å². The van der Waals surface area contributed by atoms with Gasteiger partial charge in [0.05, 0.1) is 7.11 Å². The molecule has 20 heavy (non-hydrogen) atoms. The summed E-state index contributed by atoms with van der Waals surface area (Å²) >= 11 is 0. The van der Waals surface area contributed by atoms with E-state index in [1.165, 1.54) is 31.2 Å². The van der Waals surface area contributed by atoms with Crippen molar-refractivity contribution < 1.29 is 4.74 Å². The van der Waals surface area contributed by atoms with Crippen LogP contribution in [0.2, 0.25) is 0 Å². The number of piperidine rings is 1. The average molecular weight is 274 g/mol. The number of hydrogen-bond acceptors (Lipinski definition) is 3. The van der Waals surface area contributed by atoms with Crippen LogP contribution in [0.3, 0.4) is 0 Å². The third kappa shape index (κ3) is 3.15. The van der Waals surface area contributed by atoms with Crippen LogP contribution in [-0.2, 0) is 6.42 Å². The van der Waals surface area contributed by atoms with E-state index in [0.717, 1.165) is 36.8 Å². The molecule has 2 atom stereocenters. The van der Waals surface area contributed by atoms with Crippen LogP contribution in [0.15, 0.2) is 24.3 Å². The molecule has 2 saturated heterocycles. The minimum atomic E-state index is 0.770. The lowest BCUT2D eigenvalue weighted by atomic mass is 9.98. The summed E-state index contributed by atoms with van der Waals surface area (Å²) in [6.07, 6.45) is 6.55. The van der Waals surface area contributed by atoms with Gasteiger partial charge < -0.3 is 15.0 Å². The van der Waals surface area contributed by atoms with Crippen LogP contribution in [-0.4, -0.2) is 43.7 Å². The van der Waals surface area contributed by atoms with Gasteiger partial charge >= 0.3 is 0 Å². The van der Waals surface area contributed by atoms with Crippen LogP contribution in [0, 0.1) is 0 Å². The van der Waals surface area contributed by atoms with Gasteiger partial charge in [0, 0.05) is 24.7 Å².